The first-order valence-corrected chi connectivity index (χ1v) is 9.80. The van der Waals surface area contributed by atoms with E-state index in [0.717, 1.165) is 11.3 Å². The maximum absolute atomic E-state index is 12.3. The average molecular weight is 377 g/mol. The molecule has 0 aliphatic heterocycles. The van der Waals surface area contributed by atoms with Crippen LogP contribution in [0.1, 0.15) is 38.3 Å². The van der Waals surface area contributed by atoms with Gasteiger partial charge < -0.3 is 14.8 Å². The number of rotatable bonds is 9. The molecule has 0 aliphatic rings. The van der Waals surface area contributed by atoms with E-state index in [1.807, 2.05) is 50.2 Å². The van der Waals surface area contributed by atoms with Crippen molar-refractivity contribution in [2.45, 2.75) is 32.7 Å². The van der Waals surface area contributed by atoms with Crippen molar-refractivity contribution in [3.05, 3.63) is 72.3 Å². The maximum Gasteiger partial charge on any atom is 0.220 e. The molecule has 0 bridgehead atoms. The van der Waals surface area contributed by atoms with Gasteiger partial charge in [0.15, 0.2) is 11.5 Å². The second-order valence-electron chi connectivity index (χ2n) is 6.73. The normalized spacial score (nSPS) is 11.8. The largest absolute Gasteiger partial charge is 0.490 e. The number of carbonyl (C=O) groups excluding carboxylic acids is 1. The van der Waals surface area contributed by atoms with E-state index in [1.54, 1.807) is 0 Å². The molecular weight excluding hydrogens is 350 g/mol. The Labute approximate surface area is 166 Å². The Bertz CT molecular complexity index is 922. The first kappa shape index (κ1) is 19.7. The highest BCUT2D eigenvalue weighted by Gasteiger charge is 2.10. The summed E-state index contributed by atoms with van der Waals surface area (Å²) in [5.41, 5.74) is 1.11. The second kappa shape index (κ2) is 9.79. The maximum atomic E-state index is 12.3. The van der Waals surface area contributed by atoms with Crippen molar-refractivity contribution in [2.24, 2.45) is 0 Å². The molecule has 4 nitrogen and oxygen atoms in total. The van der Waals surface area contributed by atoms with Gasteiger partial charge in [0.2, 0.25) is 5.91 Å². The molecule has 3 aromatic rings. The summed E-state index contributed by atoms with van der Waals surface area (Å²) < 4.78 is 11.3. The zero-order chi connectivity index (χ0) is 19.8. The summed E-state index contributed by atoms with van der Waals surface area (Å²) >= 11 is 0. The zero-order valence-corrected chi connectivity index (χ0v) is 16.5. The number of fused-ring (bicyclic) bond motifs is 1. The minimum Gasteiger partial charge on any atom is -0.490 e. The number of hydrogen-bond donors (Lipinski definition) is 1. The summed E-state index contributed by atoms with van der Waals surface area (Å²) in [6.07, 6.45) is 1.07. The monoisotopic (exact) mass is 377 g/mol. The van der Waals surface area contributed by atoms with Gasteiger partial charge in [-0.2, -0.15) is 0 Å². The molecule has 1 atom stereocenters. The third-order valence-corrected chi connectivity index (χ3v) is 4.61. The number of para-hydroxylation sites is 2. The minimum absolute atomic E-state index is 0.0300. The van der Waals surface area contributed by atoms with E-state index in [9.17, 15) is 4.79 Å². The van der Waals surface area contributed by atoms with Gasteiger partial charge in [0.25, 0.3) is 0 Å². The molecule has 0 aromatic heterocycles. The molecule has 4 heteroatoms. The predicted molar refractivity (Wildman–Crippen MR) is 113 cm³/mol. The third kappa shape index (κ3) is 5.26. The number of amides is 1. The van der Waals surface area contributed by atoms with Gasteiger partial charge in [-0.15, -0.1) is 0 Å². The number of ether oxygens (including phenoxy) is 2. The predicted octanol–water partition coefficient (Wildman–Crippen LogP) is 5.27. The molecular formula is C24H27NO3. The van der Waals surface area contributed by atoms with Gasteiger partial charge in [-0.1, -0.05) is 48.5 Å². The van der Waals surface area contributed by atoms with Gasteiger partial charge in [-0.05, 0) is 54.8 Å². The summed E-state index contributed by atoms with van der Waals surface area (Å²) in [4.78, 5) is 12.3. The molecule has 0 saturated heterocycles. The van der Waals surface area contributed by atoms with Gasteiger partial charge >= 0.3 is 0 Å². The van der Waals surface area contributed by atoms with Crippen LogP contribution in [0.15, 0.2) is 66.7 Å². The lowest BCUT2D eigenvalue weighted by Crippen LogP contribution is -2.26. The lowest BCUT2D eigenvalue weighted by Gasteiger charge is -2.15. The summed E-state index contributed by atoms with van der Waals surface area (Å²) in [5.74, 6) is 1.48. The van der Waals surface area contributed by atoms with Crippen LogP contribution in [0.25, 0.3) is 10.8 Å². The van der Waals surface area contributed by atoms with Crippen molar-refractivity contribution in [2.75, 3.05) is 13.2 Å². The quantitative estimate of drug-likeness (QED) is 0.517. The Balaban J connectivity index is 1.46. The summed E-state index contributed by atoms with van der Waals surface area (Å²) in [5, 5.41) is 5.46. The molecule has 1 N–H and O–H groups in total. The molecule has 0 saturated carbocycles. The lowest BCUT2D eigenvalue weighted by atomic mass is 10.0. The fourth-order valence-electron chi connectivity index (χ4n) is 3.13. The van der Waals surface area contributed by atoms with Crippen LogP contribution in [-0.4, -0.2) is 19.1 Å². The fraction of sp³-hybridized carbons (Fsp3) is 0.292. The SMILES string of the molecule is CCOc1ccccc1OCCCC(=O)NC(C)c1ccc2ccccc2c1. The first-order chi connectivity index (χ1) is 13.7. The molecule has 0 aliphatic carbocycles. The van der Waals surface area contributed by atoms with E-state index in [-0.39, 0.29) is 11.9 Å². The Hall–Kier alpha value is -3.01. The van der Waals surface area contributed by atoms with Crippen LogP contribution < -0.4 is 14.8 Å². The Morgan fingerprint density at radius 3 is 2.36 bits per heavy atom. The molecule has 0 radical (unpaired) electrons. The van der Waals surface area contributed by atoms with E-state index in [0.29, 0.717) is 31.8 Å². The van der Waals surface area contributed by atoms with E-state index in [4.69, 9.17) is 9.47 Å². The molecule has 28 heavy (non-hydrogen) atoms. The van der Waals surface area contributed by atoms with Crippen molar-refractivity contribution >= 4 is 16.7 Å². The number of benzene rings is 3. The van der Waals surface area contributed by atoms with E-state index >= 15 is 0 Å². The molecule has 0 spiro atoms. The highest BCUT2D eigenvalue weighted by molar-refractivity contribution is 5.83. The Morgan fingerprint density at radius 1 is 0.929 bits per heavy atom. The van der Waals surface area contributed by atoms with Gasteiger partial charge in [0.1, 0.15) is 0 Å². The van der Waals surface area contributed by atoms with Crippen LogP contribution in [0.3, 0.4) is 0 Å². The number of hydrogen-bond acceptors (Lipinski definition) is 3. The highest BCUT2D eigenvalue weighted by Crippen LogP contribution is 2.26. The summed E-state index contributed by atoms with van der Waals surface area (Å²) in [6, 6.07) is 22.1. The second-order valence-corrected chi connectivity index (χ2v) is 6.73. The first-order valence-electron chi connectivity index (χ1n) is 9.80. The van der Waals surface area contributed by atoms with Crippen LogP contribution in [-0.2, 0) is 4.79 Å². The van der Waals surface area contributed by atoms with Crippen molar-refractivity contribution in [3.8, 4) is 11.5 Å². The van der Waals surface area contributed by atoms with Crippen molar-refractivity contribution in [1.82, 2.24) is 5.32 Å². The van der Waals surface area contributed by atoms with Crippen molar-refractivity contribution in [1.29, 1.82) is 0 Å². The molecule has 0 heterocycles. The third-order valence-electron chi connectivity index (χ3n) is 4.61. The van der Waals surface area contributed by atoms with Crippen LogP contribution in [0.5, 0.6) is 11.5 Å². The standard InChI is InChI=1S/C24H27NO3/c1-3-27-22-11-6-7-12-23(22)28-16-8-13-24(26)25-18(2)20-15-14-19-9-4-5-10-21(19)17-20/h4-7,9-12,14-15,17-18H,3,8,13,16H2,1-2H3,(H,25,26). The number of nitrogens with one attached hydrogen (secondary N) is 1. The Kier molecular flexibility index (Phi) is 6.90. The molecule has 146 valence electrons. The molecule has 1 amide bonds. The minimum atomic E-state index is -0.0308. The summed E-state index contributed by atoms with van der Waals surface area (Å²) in [7, 11) is 0. The van der Waals surface area contributed by atoms with E-state index in [2.05, 4.69) is 35.6 Å². The van der Waals surface area contributed by atoms with Crippen molar-refractivity contribution < 1.29 is 14.3 Å². The van der Waals surface area contributed by atoms with Crippen LogP contribution >= 0.6 is 0 Å². The van der Waals surface area contributed by atoms with Gasteiger partial charge in [0.05, 0.1) is 19.3 Å². The van der Waals surface area contributed by atoms with Crippen LogP contribution in [0, 0.1) is 0 Å². The van der Waals surface area contributed by atoms with Gasteiger partial charge in [-0.25, -0.2) is 0 Å². The summed E-state index contributed by atoms with van der Waals surface area (Å²) in [6.45, 7) is 5.02. The molecule has 1 unspecified atom stereocenters. The van der Waals surface area contributed by atoms with Crippen molar-refractivity contribution in [3.63, 3.8) is 0 Å². The molecule has 3 rings (SSSR count). The fourth-order valence-corrected chi connectivity index (χ4v) is 3.13. The highest BCUT2D eigenvalue weighted by atomic mass is 16.5. The van der Waals surface area contributed by atoms with Gasteiger partial charge in [0, 0.05) is 6.42 Å². The molecule has 0 fully saturated rings. The zero-order valence-electron chi connectivity index (χ0n) is 16.5. The van der Waals surface area contributed by atoms with Crippen LogP contribution in [0.2, 0.25) is 0 Å². The lowest BCUT2D eigenvalue weighted by molar-refractivity contribution is -0.121. The smallest absolute Gasteiger partial charge is 0.220 e. The molecule has 3 aromatic carbocycles. The Morgan fingerprint density at radius 2 is 1.61 bits per heavy atom. The topological polar surface area (TPSA) is 47.6 Å². The van der Waals surface area contributed by atoms with E-state index < -0.39 is 0 Å². The van der Waals surface area contributed by atoms with Crippen LogP contribution in [0.4, 0.5) is 0 Å². The van der Waals surface area contributed by atoms with E-state index in [1.165, 1.54) is 10.8 Å². The number of carbonyl (C=O) groups is 1. The average Bonchev–Trinajstić information content (AvgIpc) is 2.72. The van der Waals surface area contributed by atoms with Gasteiger partial charge in [-0.3, -0.25) is 4.79 Å².